The predicted octanol–water partition coefficient (Wildman–Crippen LogP) is 6.24. The maximum Gasteiger partial charge on any atom is 0.224 e. The van der Waals surface area contributed by atoms with Gasteiger partial charge in [0.25, 0.3) is 0 Å². The standard InChI is InChI=1S/C43H50N4O7/c44-37-8-3-4-9-38(37)46-41(50)11-5-10-40(49)45-27-34-6-1-2-7-36(34)31-16-18-33(19-17-31)42-53-35(26-39(54-42)32-14-12-30(29-48)13-15-32)28-47-22-20-43(21-23-47)51-24-25-52-43/h1-4,6-9,12-19,35,39,42,48H,5,10-11,20-29,44H2,(H,45,49)(H,46,50). The second-order valence-electron chi connectivity index (χ2n) is 14.3. The largest absolute Gasteiger partial charge is 0.397 e. The van der Waals surface area contributed by atoms with Crippen molar-refractivity contribution in [2.75, 3.05) is 43.9 Å². The molecule has 3 aliphatic rings. The molecule has 3 saturated heterocycles. The number of para-hydroxylation sites is 2. The average Bonchev–Trinajstić information content (AvgIpc) is 3.67. The van der Waals surface area contributed by atoms with E-state index in [1.165, 1.54) is 0 Å². The van der Waals surface area contributed by atoms with E-state index in [2.05, 4.69) is 45.9 Å². The molecular formula is C43H50N4O7. The van der Waals surface area contributed by atoms with Gasteiger partial charge in [-0.1, -0.05) is 84.9 Å². The minimum atomic E-state index is -0.556. The van der Waals surface area contributed by atoms with Crippen LogP contribution in [0.2, 0.25) is 0 Å². The van der Waals surface area contributed by atoms with Crippen LogP contribution < -0.4 is 16.4 Å². The smallest absolute Gasteiger partial charge is 0.224 e. The molecule has 11 heteroatoms. The molecule has 3 fully saturated rings. The lowest BCUT2D eigenvalue weighted by Gasteiger charge is -2.41. The highest BCUT2D eigenvalue weighted by Crippen LogP contribution is 2.40. The maximum absolute atomic E-state index is 12.7. The molecule has 0 aliphatic carbocycles. The van der Waals surface area contributed by atoms with Crippen LogP contribution >= 0.6 is 0 Å². The summed E-state index contributed by atoms with van der Waals surface area (Å²) < 4.78 is 25.2. The van der Waals surface area contributed by atoms with Crippen LogP contribution in [0.5, 0.6) is 0 Å². The molecule has 1 spiro atoms. The highest BCUT2D eigenvalue weighted by atomic mass is 16.7. The first-order valence-electron chi connectivity index (χ1n) is 19.0. The first-order valence-corrected chi connectivity index (χ1v) is 19.0. The number of ether oxygens (including phenoxy) is 4. The van der Waals surface area contributed by atoms with Crippen molar-refractivity contribution in [3.63, 3.8) is 0 Å². The van der Waals surface area contributed by atoms with Gasteiger partial charge < -0.3 is 45.3 Å². The van der Waals surface area contributed by atoms with E-state index >= 15 is 0 Å². The molecule has 3 heterocycles. The van der Waals surface area contributed by atoms with E-state index in [1.54, 1.807) is 12.1 Å². The number of carbonyl (C=O) groups excluding carboxylic acids is 2. The van der Waals surface area contributed by atoms with Gasteiger partial charge in [-0.25, -0.2) is 0 Å². The molecule has 0 saturated carbocycles. The lowest BCUT2D eigenvalue weighted by atomic mass is 9.97. The number of aliphatic hydroxyl groups excluding tert-OH is 1. The van der Waals surface area contributed by atoms with Gasteiger partial charge in [-0.05, 0) is 46.4 Å². The molecule has 11 nitrogen and oxygen atoms in total. The quantitative estimate of drug-likeness (QED) is 0.117. The fraction of sp³-hybridized carbons (Fsp3) is 0.395. The van der Waals surface area contributed by atoms with Gasteiger partial charge in [0, 0.05) is 63.8 Å². The van der Waals surface area contributed by atoms with Crippen molar-refractivity contribution in [3.8, 4) is 11.1 Å². The number of piperidine rings is 1. The summed E-state index contributed by atoms with van der Waals surface area (Å²) in [6.07, 6.45) is 2.54. The summed E-state index contributed by atoms with van der Waals surface area (Å²) in [7, 11) is 0. The monoisotopic (exact) mass is 734 g/mol. The Morgan fingerprint density at radius 3 is 2.24 bits per heavy atom. The zero-order chi connectivity index (χ0) is 37.3. The molecule has 2 amide bonds. The number of aliphatic hydroxyl groups is 1. The van der Waals surface area contributed by atoms with Crippen LogP contribution in [0.25, 0.3) is 11.1 Å². The number of likely N-dealkylation sites (tertiary alicyclic amines) is 1. The number of amides is 2. The van der Waals surface area contributed by atoms with E-state index in [0.29, 0.717) is 37.6 Å². The molecule has 5 N–H and O–H groups in total. The Kier molecular flexibility index (Phi) is 12.3. The number of hydrogen-bond acceptors (Lipinski definition) is 9. The molecule has 3 unspecified atom stereocenters. The lowest BCUT2D eigenvalue weighted by Crippen LogP contribution is -2.48. The SMILES string of the molecule is Nc1ccccc1NC(=O)CCCC(=O)NCc1ccccc1-c1ccc(C2OC(CN3CCC4(CC3)OCCO4)CC(c3ccc(CO)cc3)O2)cc1. The third-order valence-corrected chi connectivity index (χ3v) is 10.5. The Labute approximate surface area is 316 Å². The number of carbonyl (C=O) groups is 2. The topological polar surface area (TPSA) is 145 Å². The van der Waals surface area contributed by atoms with Crippen molar-refractivity contribution in [3.05, 3.63) is 119 Å². The summed E-state index contributed by atoms with van der Waals surface area (Å²) in [5, 5.41) is 15.4. The number of nitrogens with two attached hydrogens (primary N) is 1. The molecule has 4 aromatic carbocycles. The normalized spacial score (nSPS) is 21.2. The Morgan fingerprint density at radius 2 is 1.50 bits per heavy atom. The summed E-state index contributed by atoms with van der Waals surface area (Å²) in [6.45, 7) is 4.25. The van der Waals surface area contributed by atoms with Crippen LogP contribution in [0.1, 0.15) is 73.2 Å². The lowest BCUT2D eigenvalue weighted by molar-refractivity contribution is -0.255. The molecule has 3 atom stereocenters. The van der Waals surface area contributed by atoms with Gasteiger partial charge in [0.1, 0.15) is 0 Å². The number of nitrogens with zero attached hydrogens (tertiary/aromatic N) is 1. The van der Waals surface area contributed by atoms with E-state index < -0.39 is 12.1 Å². The molecule has 3 aliphatic heterocycles. The van der Waals surface area contributed by atoms with Gasteiger partial charge in [-0.3, -0.25) is 9.59 Å². The summed E-state index contributed by atoms with van der Waals surface area (Å²) in [5.74, 6) is -0.707. The second-order valence-corrected chi connectivity index (χ2v) is 14.3. The van der Waals surface area contributed by atoms with Crippen LogP contribution in [0.15, 0.2) is 97.1 Å². The molecule has 4 aromatic rings. The van der Waals surface area contributed by atoms with E-state index in [4.69, 9.17) is 24.7 Å². The fourth-order valence-electron chi connectivity index (χ4n) is 7.47. The number of hydrogen-bond donors (Lipinski definition) is 4. The Hall–Kier alpha value is -4.62. The minimum absolute atomic E-state index is 0.00189. The maximum atomic E-state index is 12.7. The van der Waals surface area contributed by atoms with Crippen molar-refractivity contribution >= 4 is 23.2 Å². The zero-order valence-electron chi connectivity index (χ0n) is 30.6. The van der Waals surface area contributed by atoms with Crippen LogP contribution in [0.3, 0.4) is 0 Å². The van der Waals surface area contributed by atoms with Gasteiger partial charge in [-0.15, -0.1) is 0 Å². The third-order valence-electron chi connectivity index (χ3n) is 10.5. The highest BCUT2D eigenvalue weighted by Gasteiger charge is 2.41. The molecule has 54 heavy (non-hydrogen) atoms. The fourth-order valence-corrected chi connectivity index (χ4v) is 7.47. The molecule has 0 aromatic heterocycles. The number of rotatable bonds is 13. The minimum Gasteiger partial charge on any atom is -0.397 e. The number of anilines is 2. The molecule has 284 valence electrons. The summed E-state index contributed by atoms with van der Waals surface area (Å²) in [6, 6.07) is 31.3. The zero-order valence-corrected chi connectivity index (χ0v) is 30.6. The Bertz CT molecular complexity index is 1850. The van der Waals surface area contributed by atoms with Crippen LogP contribution in [-0.2, 0) is 41.7 Å². The van der Waals surface area contributed by atoms with Gasteiger partial charge in [-0.2, -0.15) is 0 Å². The van der Waals surface area contributed by atoms with E-state index in [0.717, 1.165) is 72.3 Å². The van der Waals surface area contributed by atoms with Crippen molar-refractivity contribution in [1.82, 2.24) is 10.2 Å². The van der Waals surface area contributed by atoms with Gasteiger partial charge in [0.15, 0.2) is 12.1 Å². The van der Waals surface area contributed by atoms with Gasteiger partial charge in [0.2, 0.25) is 11.8 Å². The van der Waals surface area contributed by atoms with Gasteiger partial charge in [0.05, 0.1) is 43.4 Å². The Balaban J connectivity index is 0.967. The number of benzene rings is 4. The van der Waals surface area contributed by atoms with E-state index in [1.807, 2.05) is 54.6 Å². The third kappa shape index (κ3) is 9.54. The van der Waals surface area contributed by atoms with Crippen LogP contribution in [-0.4, -0.2) is 66.6 Å². The number of nitrogen functional groups attached to an aromatic ring is 1. The van der Waals surface area contributed by atoms with Crippen molar-refractivity contribution in [2.45, 2.75) is 76.0 Å². The van der Waals surface area contributed by atoms with Crippen molar-refractivity contribution in [1.29, 1.82) is 0 Å². The van der Waals surface area contributed by atoms with E-state index in [9.17, 15) is 14.7 Å². The second kappa shape index (κ2) is 17.7. The van der Waals surface area contributed by atoms with Crippen molar-refractivity contribution in [2.24, 2.45) is 0 Å². The van der Waals surface area contributed by atoms with Crippen molar-refractivity contribution < 1.29 is 33.6 Å². The molecular weight excluding hydrogens is 684 g/mol. The predicted molar refractivity (Wildman–Crippen MR) is 206 cm³/mol. The summed E-state index contributed by atoms with van der Waals surface area (Å²) in [4.78, 5) is 27.5. The molecule has 7 rings (SSSR count). The summed E-state index contributed by atoms with van der Waals surface area (Å²) in [5.41, 5.74) is 12.9. The highest BCUT2D eigenvalue weighted by molar-refractivity contribution is 5.94. The van der Waals surface area contributed by atoms with E-state index in [-0.39, 0.29) is 43.5 Å². The summed E-state index contributed by atoms with van der Waals surface area (Å²) >= 11 is 0. The van der Waals surface area contributed by atoms with Gasteiger partial charge >= 0.3 is 0 Å². The number of nitrogens with one attached hydrogen (secondary N) is 2. The molecule has 0 bridgehead atoms. The van der Waals surface area contributed by atoms with Crippen LogP contribution in [0, 0.1) is 0 Å². The first-order chi connectivity index (χ1) is 26.4. The first kappa shape index (κ1) is 37.7. The molecule has 0 radical (unpaired) electrons. The Morgan fingerprint density at radius 1 is 0.815 bits per heavy atom. The average molecular weight is 735 g/mol. The van der Waals surface area contributed by atoms with Crippen LogP contribution in [0.4, 0.5) is 11.4 Å².